The average Bonchev–Trinajstić information content (AvgIpc) is 3.16. The first kappa shape index (κ1) is 18.8. The molecular weight excluding hydrogens is 342 g/mol. The Balaban J connectivity index is 1.61. The molecule has 1 fully saturated rings. The number of carbonyl (C=O) groups excluding carboxylic acids is 2. The van der Waals surface area contributed by atoms with Crippen molar-refractivity contribution in [2.24, 2.45) is 5.41 Å². The van der Waals surface area contributed by atoms with Crippen LogP contribution in [0.1, 0.15) is 67.1 Å². The van der Waals surface area contributed by atoms with Gasteiger partial charge in [-0.3, -0.25) is 9.59 Å². The Kier molecular flexibility index (Phi) is 5.92. The lowest BCUT2D eigenvalue weighted by Gasteiger charge is -2.41. The molecule has 0 bridgehead atoms. The summed E-state index contributed by atoms with van der Waals surface area (Å²) < 4.78 is 0. The summed E-state index contributed by atoms with van der Waals surface area (Å²) >= 11 is 1.43. The number of hydrogen-bond acceptors (Lipinski definition) is 3. The molecule has 0 saturated heterocycles. The molecule has 0 aliphatic heterocycles. The predicted molar refractivity (Wildman–Crippen MR) is 107 cm³/mol. The largest absolute Gasteiger partial charge is 0.353 e. The van der Waals surface area contributed by atoms with Crippen LogP contribution in [0.4, 0.5) is 0 Å². The first-order chi connectivity index (χ1) is 12.4. The summed E-state index contributed by atoms with van der Waals surface area (Å²) in [5, 5.41) is 5.11. The molecule has 2 aromatic rings. The van der Waals surface area contributed by atoms with Crippen LogP contribution in [0, 0.1) is 5.41 Å². The molecule has 0 spiro atoms. The van der Waals surface area contributed by atoms with Crippen molar-refractivity contribution < 1.29 is 9.59 Å². The van der Waals surface area contributed by atoms with Gasteiger partial charge in [-0.25, -0.2) is 0 Å². The summed E-state index contributed by atoms with van der Waals surface area (Å²) in [7, 11) is 0. The standard InChI is InChI=1S/C22H27NO2S/c1-22(2)13-12-18(17(15-22)16-7-4-3-5-8-16)23-21(25)11-10-19(24)20-9-6-14-26-20/h3-9,14,17-18H,10-13,15H2,1-2H3,(H,23,25). The lowest BCUT2D eigenvalue weighted by molar-refractivity contribution is -0.122. The fraction of sp³-hybridized carbons (Fsp3) is 0.455. The van der Waals surface area contributed by atoms with Gasteiger partial charge in [-0.2, -0.15) is 0 Å². The predicted octanol–water partition coefficient (Wildman–Crippen LogP) is 5.19. The maximum absolute atomic E-state index is 12.5. The van der Waals surface area contributed by atoms with E-state index in [2.05, 4.69) is 43.4 Å². The number of ketones is 1. The van der Waals surface area contributed by atoms with E-state index in [9.17, 15) is 9.59 Å². The second kappa shape index (κ2) is 8.17. The molecule has 1 aliphatic carbocycles. The summed E-state index contributed by atoms with van der Waals surface area (Å²) in [6, 6.07) is 14.3. The lowest BCUT2D eigenvalue weighted by atomic mass is 9.68. The molecule has 1 aromatic heterocycles. The van der Waals surface area contributed by atoms with Gasteiger partial charge in [0.1, 0.15) is 0 Å². The van der Waals surface area contributed by atoms with Gasteiger partial charge < -0.3 is 5.32 Å². The summed E-state index contributed by atoms with van der Waals surface area (Å²) in [6.45, 7) is 4.61. The molecule has 3 nitrogen and oxygen atoms in total. The fourth-order valence-corrected chi connectivity index (χ4v) is 4.57. The van der Waals surface area contributed by atoms with Gasteiger partial charge in [0.25, 0.3) is 0 Å². The molecule has 0 radical (unpaired) electrons. The minimum atomic E-state index is -0.0134. The quantitative estimate of drug-likeness (QED) is 0.712. The highest BCUT2D eigenvalue weighted by atomic mass is 32.1. The maximum atomic E-state index is 12.5. The van der Waals surface area contributed by atoms with Crippen LogP contribution in [0.25, 0.3) is 0 Å². The minimum absolute atomic E-state index is 0.0134. The highest BCUT2D eigenvalue weighted by molar-refractivity contribution is 7.12. The van der Waals surface area contributed by atoms with Crippen LogP contribution >= 0.6 is 11.3 Å². The zero-order chi connectivity index (χ0) is 18.6. The number of hydrogen-bond donors (Lipinski definition) is 1. The monoisotopic (exact) mass is 369 g/mol. The van der Waals surface area contributed by atoms with Crippen molar-refractivity contribution in [2.75, 3.05) is 0 Å². The SMILES string of the molecule is CC1(C)CCC(NC(=O)CCC(=O)c2cccs2)C(c2ccccc2)C1. The molecule has 1 aromatic carbocycles. The average molecular weight is 370 g/mol. The molecule has 138 valence electrons. The van der Waals surface area contributed by atoms with Crippen molar-refractivity contribution in [1.29, 1.82) is 0 Å². The van der Waals surface area contributed by atoms with Crippen molar-refractivity contribution in [3.05, 3.63) is 58.3 Å². The van der Waals surface area contributed by atoms with Crippen LogP contribution in [0.2, 0.25) is 0 Å². The van der Waals surface area contributed by atoms with Crippen molar-refractivity contribution in [2.45, 2.75) is 57.9 Å². The highest BCUT2D eigenvalue weighted by Crippen LogP contribution is 2.43. The van der Waals surface area contributed by atoms with Crippen LogP contribution in [-0.2, 0) is 4.79 Å². The Hall–Kier alpha value is -1.94. The Morgan fingerprint density at radius 1 is 1.12 bits per heavy atom. The first-order valence-corrected chi connectivity index (χ1v) is 10.2. The topological polar surface area (TPSA) is 46.2 Å². The van der Waals surface area contributed by atoms with Crippen molar-refractivity contribution in [3.8, 4) is 0 Å². The third-order valence-electron chi connectivity index (χ3n) is 5.34. The second-order valence-corrected chi connectivity index (χ2v) is 8.95. The first-order valence-electron chi connectivity index (χ1n) is 9.36. The number of Topliss-reactive ketones (excluding diaryl/α,β-unsaturated/α-hetero) is 1. The number of benzene rings is 1. The molecule has 4 heteroatoms. The molecular formula is C22H27NO2S. The van der Waals surface area contributed by atoms with E-state index >= 15 is 0 Å². The van der Waals surface area contributed by atoms with Crippen LogP contribution in [0.5, 0.6) is 0 Å². The van der Waals surface area contributed by atoms with Gasteiger partial charge in [0.05, 0.1) is 4.88 Å². The van der Waals surface area contributed by atoms with E-state index in [4.69, 9.17) is 0 Å². The van der Waals surface area contributed by atoms with Gasteiger partial charge >= 0.3 is 0 Å². The van der Waals surface area contributed by atoms with Gasteiger partial charge in [0.15, 0.2) is 5.78 Å². The zero-order valence-electron chi connectivity index (χ0n) is 15.5. The van der Waals surface area contributed by atoms with E-state index in [-0.39, 0.29) is 36.0 Å². The van der Waals surface area contributed by atoms with E-state index in [0.29, 0.717) is 5.92 Å². The zero-order valence-corrected chi connectivity index (χ0v) is 16.4. The van der Waals surface area contributed by atoms with Crippen LogP contribution in [0.3, 0.4) is 0 Å². The normalized spacial score (nSPS) is 21.9. The number of carbonyl (C=O) groups is 2. The van der Waals surface area contributed by atoms with Gasteiger partial charge in [-0.05, 0) is 41.7 Å². The smallest absolute Gasteiger partial charge is 0.220 e. The molecule has 26 heavy (non-hydrogen) atoms. The summed E-state index contributed by atoms with van der Waals surface area (Å²) in [5.74, 6) is 0.372. The number of nitrogens with one attached hydrogen (secondary N) is 1. The number of amides is 1. The molecule has 2 unspecified atom stereocenters. The highest BCUT2D eigenvalue weighted by Gasteiger charge is 2.36. The summed E-state index contributed by atoms with van der Waals surface area (Å²) in [6.07, 6.45) is 3.70. The van der Waals surface area contributed by atoms with Gasteiger partial charge in [-0.1, -0.05) is 50.2 Å². The maximum Gasteiger partial charge on any atom is 0.220 e. The Morgan fingerprint density at radius 3 is 2.58 bits per heavy atom. The van der Waals surface area contributed by atoms with E-state index in [1.54, 1.807) is 0 Å². The van der Waals surface area contributed by atoms with E-state index in [1.807, 2.05) is 23.6 Å². The van der Waals surface area contributed by atoms with Gasteiger partial charge in [-0.15, -0.1) is 11.3 Å². The second-order valence-electron chi connectivity index (χ2n) is 8.00. The summed E-state index contributed by atoms with van der Waals surface area (Å²) in [5.41, 5.74) is 1.58. The fourth-order valence-electron chi connectivity index (χ4n) is 3.88. The van der Waals surface area contributed by atoms with Gasteiger partial charge in [0.2, 0.25) is 5.91 Å². The summed E-state index contributed by atoms with van der Waals surface area (Å²) in [4.78, 5) is 25.3. The van der Waals surface area contributed by atoms with Gasteiger partial charge in [0, 0.05) is 24.8 Å². The van der Waals surface area contributed by atoms with E-state index < -0.39 is 0 Å². The van der Waals surface area contributed by atoms with Crippen LogP contribution < -0.4 is 5.32 Å². The Morgan fingerprint density at radius 2 is 1.88 bits per heavy atom. The number of thiophene rings is 1. The third kappa shape index (κ3) is 4.82. The molecule has 1 heterocycles. The molecule has 2 atom stereocenters. The third-order valence-corrected chi connectivity index (χ3v) is 6.25. The van der Waals surface area contributed by atoms with Crippen molar-refractivity contribution >= 4 is 23.0 Å². The van der Waals surface area contributed by atoms with Crippen molar-refractivity contribution in [1.82, 2.24) is 5.32 Å². The molecule has 1 saturated carbocycles. The van der Waals surface area contributed by atoms with E-state index in [0.717, 1.165) is 24.1 Å². The molecule has 1 amide bonds. The molecule has 1 aliphatic rings. The van der Waals surface area contributed by atoms with Crippen LogP contribution in [0.15, 0.2) is 47.8 Å². The van der Waals surface area contributed by atoms with Crippen LogP contribution in [-0.4, -0.2) is 17.7 Å². The molecule has 3 rings (SSSR count). The Bertz CT molecular complexity index is 737. The Labute approximate surface area is 159 Å². The van der Waals surface area contributed by atoms with E-state index in [1.165, 1.54) is 16.9 Å². The van der Waals surface area contributed by atoms with Crippen molar-refractivity contribution in [3.63, 3.8) is 0 Å². The minimum Gasteiger partial charge on any atom is -0.353 e. The number of rotatable bonds is 6. The molecule has 1 N–H and O–H groups in total. The lowest BCUT2D eigenvalue weighted by Crippen LogP contribution is -2.44.